The van der Waals surface area contributed by atoms with Crippen molar-refractivity contribution in [3.8, 4) is 6.07 Å². The first-order valence-electron chi connectivity index (χ1n) is 10.6. The molecule has 0 saturated carbocycles. The maximum Gasteiger partial charge on any atom is 0.337 e. The van der Waals surface area contributed by atoms with E-state index in [0.29, 0.717) is 49.8 Å². The summed E-state index contributed by atoms with van der Waals surface area (Å²) in [5.41, 5.74) is 3.05. The molecule has 182 valence electrons. The highest BCUT2D eigenvalue weighted by Gasteiger charge is 2.27. The number of esters is 2. The number of anilines is 1. The summed E-state index contributed by atoms with van der Waals surface area (Å²) < 4.78 is 13.1. The monoisotopic (exact) mass is 472 g/mol. The summed E-state index contributed by atoms with van der Waals surface area (Å²) in [5.74, 6) is 0.843. The van der Waals surface area contributed by atoms with Crippen LogP contribution in [0.4, 0.5) is 5.95 Å². The smallest absolute Gasteiger partial charge is 0.337 e. The molecule has 0 spiro atoms. The fraction of sp³-hybridized carbons (Fsp3) is 0.550. The van der Waals surface area contributed by atoms with Crippen LogP contribution in [0.3, 0.4) is 0 Å². The van der Waals surface area contributed by atoms with E-state index < -0.39 is 0 Å². The van der Waals surface area contributed by atoms with Crippen molar-refractivity contribution in [2.75, 3.05) is 25.2 Å². The van der Waals surface area contributed by atoms with Crippen molar-refractivity contribution < 1.29 is 19.1 Å². The zero-order valence-corrected chi connectivity index (χ0v) is 20.1. The maximum atomic E-state index is 11.7. The Labute approximate surface area is 196 Å². The topological polar surface area (TPSA) is 167 Å². The Morgan fingerprint density at radius 1 is 0.971 bits per heavy atom. The number of allylic oxidation sites excluding steroid dienone is 2. The molecule has 2 aromatic rings. The number of fused-ring (bicyclic) bond motifs is 2. The lowest BCUT2D eigenvalue weighted by Gasteiger charge is -2.25. The summed E-state index contributed by atoms with van der Waals surface area (Å²) in [7, 11) is 1.82. The molecule has 14 heteroatoms. The predicted molar refractivity (Wildman–Crippen MR) is 118 cm³/mol. The van der Waals surface area contributed by atoms with Gasteiger partial charge in [-0.05, 0) is 48.5 Å². The molecule has 0 saturated heterocycles. The highest BCUT2D eigenvalue weighted by molar-refractivity contribution is 5.90. The van der Waals surface area contributed by atoms with E-state index in [2.05, 4.69) is 31.1 Å². The highest BCUT2D eigenvalue weighted by Crippen LogP contribution is 2.23. The van der Waals surface area contributed by atoms with Crippen LogP contribution >= 0.6 is 0 Å². The first-order valence-corrected chi connectivity index (χ1v) is 10.6. The van der Waals surface area contributed by atoms with Gasteiger partial charge in [0.1, 0.15) is 0 Å². The number of tetrazole rings is 2. The molecule has 0 atom stereocenters. The molecule has 0 radical (unpaired) electrons. The minimum absolute atomic E-state index is 0.267. The summed E-state index contributed by atoms with van der Waals surface area (Å²) in [6.45, 7) is 10.3. The van der Waals surface area contributed by atoms with Gasteiger partial charge in [0.25, 0.3) is 0 Å². The van der Waals surface area contributed by atoms with Gasteiger partial charge >= 0.3 is 11.9 Å². The Bertz CT molecular complexity index is 1120. The van der Waals surface area contributed by atoms with Crippen molar-refractivity contribution in [1.82, 2.24) is 40.4 Å². The molecule has 2 aliphatic heterocycles. The largest absolute Gasteiger partial charge is 0.463 e. The summed E-state index contributed by atoms with van der Waals surface area (Å²) in [6.07, 6.45) is 0.612. The van der Waals surface area contributed by atoms with Gasteiger partial charge in [-0.3, -0.25) is 0 Å². The second-order valence-electron chi connectivity index (χ2n) is 7.11. The van der Waals surface area contributed by atoms with Crippen molar-refractivity contribution in [2.24, 2.45) is 0 Å². The van der Waals surface area contributed by atoms with Gasteiger partial charge in [0, 0.05) is 26.1 Å². The van der Waals surface area contributed by atoms with Crippen LogP contribution in [0.2, 0.25) is 0 Å². The average molecular weight is 473 g/mol. The Balaban J connectivity index is 0.000000216. The number of hydrogen-bond acceptors (Lipinski definition) is 12. The van der Waals surface area contributed by atoms with Crippen LogP contribution in [0.5, 0.6) is 0 Å². The van der Waals surface area contributed by atoms with Gasteiger partial charge in [0.05, 0.1) is 43.5 Å². The maximum absolute atomic E-state index is 11.7. The van der Waals surface area contributed by atoms with Crippen LogP contribution in [-0.4, -0.2) is 72.6 Å². The number of nitrogens with zero attached hydrogens (tertiary/aromatic N) is 10. The first-order chi connectivity index (χ1) is 16.3. The molecular weight excluding hydrogens is 444 g/mol. The van der Waals surface area contributed by atoms with Gasteiger partial charge in [-0.15, -0.1) is 5.10 Å². The molecular formula is C20H28N10O4. The normalized spacial score (nSPS) is 14.0. The zero-order valence-electron chi connectivity index (χ0n) is 20.1. The van der Waals surface area contributed by atoms with E-state index >= 15 is 0 Å². The van der Waals surface area contributed by atoms with Crippen molar-refractivity contribution in [1.29, 1.82) is 5.26 Å². The number of nitriles is 1. The fourth-order valence-corrected chi connectivity index (χ4v) is 3.15. The van der Waals surface area contributed by atoms with Gasteiger partial charge in [0.2, 0.25) is 5.95 Å². The number of rotatable bonds is 4. The second kappa shape index (κ2) is 12.2. The standard InChI is InChI=1S/C9H13N5O2.C9H12N4O2.C2H3N/c1-4-16-8(15)7-5-14-9(10-11-12-14)13(3)6(7)2;1-3-15-9(14)7-5-13-8(4-6(7)2)10-11-12-13;1-2-3/h4-5H2,1-3H3;3-5H2,1-2H3;1H3. The van der Waals surface area contributed by atoms with E-state index in [0.717, 1.165) is 17.1 Å². The average Bonchev–Trinajstić information content (AvgIpc) is 3.46. The molecule has 0 aliphatic carbocycles. The number of ether oxygens (including phenoxy) is 2. The van der Waals surface area contributed by atoms with Gasteiger partial charge in [-0.2, -0.15) is 5.26 Å². The predicted octanol–water partition coefficient (Wildman–Crippen LogP) is 0.599. The van der Waals surface area contributed by atoms with E-state index in [1.165, 1.54) is 6.92 Å². The van der Waals surface area contributed by atoms with E-state index in [1.54, 1.807) is 34.2 Å². The van der Waals surface area contributed by atoms with E-state index in [-0.39, 0.29) is 11.9 Å². The van der Waals surface area contributed by atoms with Gasteiger partial charge in [-0.1, -0.05) is 10.7 Å². The highest BCUT2D eigenvalue weighted by atomic mass is 16.5. The van der Waals surface area contributed by atoms with Gasteiger partial charge in [0.15, 0.2) is 5.82 Å². The second-order valence-corrected chi connectivity index (χ2v) is 7.11. The Morgan fingerprint density at radius 3 is 2.12 bits per heavy atom. The van der Waals surface area contributed by atoms with E-state index in [1.807, 2.05) is 20.9 Å². The van der Waals surface area contributed by atoms with Crippen LogP contribution in [0.25, 0.3) is 0 Å². The van der Waals surface area contributed by atoms with Crippen LogP contribution < -0.4 is 4.90 Å². The van der Waals surface area contributed by atoms with E-state index in [9.17, 15) is 9.59 Å². The zero-order chi connectivity index (χ0) is 25.3. The third-order valence-corrected chi connectivity index (χ3v) is 4.96. The number of aromatic nitrogens is 8. The lowest BCUT2D eigenvalue weighted by molar-refractivity contribution is -0.139. The van der Waals surface area contributed by atoms with Crippen LogP contribution in [-0.2, 0) is 38.6 Å². The molecule has 2 aromatic heterocycles. The molecule has 0 fully saturated rings. The number of carbonyl (C=O) groups excluding carboxylic acids is 2. The quantitative estimate of drug-likeness (QED) is 0.569. The molecule has 34 heavy (non-hydrogen) atoms. The molecule has 0 aromatic carbocycles. The molecule has 2 aliphatic rings. The molecule has 4 heterocycles. The summed E-state index contributed by atoms with van der Waals surface area (Å²) in [4.78, 5) is 25.0. The fourth-order valence-electron chi connectivity index (χ4n) is 3.15. The molecule has 4 rings (SSSR count). The van der Waals surface area contributed by atoms with Crippen LogP contribution in [0.15, 0.2) is 22.4 Å². The van der Waals surface area contributed by atoms with Gasteiger partial charge < -0.3 is 14.4 Å². The molecule has 14 nitrogen and oxygen atoms in total. The van der Waals surface area contributed by atoms with Crippen molar-refractivity contribution in [3.63, 3.8) is 0 Å². The SMILES string of the molecule is CC#N.CCOC(=O)C1=C(C)Cc2nnnn2C1.CCOC(=O)C1=C(C)N(C)c2nnnn2C1. The summed E-state index contributed by atoms with van der Waals surface area (Å²) in [5, 5.41) is 29.8. The minimum Gasteiger partial charge on any atom is -0.463 e. The van der Waals surface area contributed by atoms with Crippen LogP contribution in [0, 0.1) is 11.3 Å². The van der Waals surface area contributed by atoms with E-state index in [4.69, 9.17) is 14.7 Å². The summed E-state index contributed by atoms with van der Waals surface area (Å²) in [6, 6.07) is 1.75. The first kappa shape index (κ1) is 26.1. The Kier molecular flexibility index (Phi) is 9.36. The third-order valence-electron chi connectivity index (χ3n) is 4.96. The summed E-state index contributed by atoms with van der Waals surface area (Å²) >= 11 is 0. The molecule has 0 amide bonds. The third kappa shape index (κ3) is 6.00. The minimum atomic E-state index is -0.312. The van der Waals surface area contributed by atoms with Crippen molar-refractivity contribution >= 4 is 17.9 Å². The Hall–Kier alpha value is -4.15. The van der Waals surface area contributed by atoms with Crippen molar-refractivity contribution in [3.05, 3.63) is 28.2 Å². The lowest BCUT2D eigenvalue weighted by Crippen LogP contribution is -2.30. The molecule has 0 N–H and O–H groups in total. The molecule has 0 bridgehead atoms. The number of hydrogen-bond donors (Lipinski definition) is 0. The Morgan fingerprint density at radius 2 is 1.50 bits per heavy atom. The number of carbonyl (C=O) groups is 2. The van der Waals surface area contributed by atoms with Crippen molar-refractivity contribution in [2.45, 2.75) is 54.1 Å². The van der Waals surface area contributed by atoms with Gasteiger partial charge in [-0.25, -0.2) is 19.0 Å². The molecule has 0 unspecified atom stereocenters. The lowest BCUT2D eigenvalue weighted by atomic mass is 10.0. The van der Waals surface area contributed by atoms with Crippen LogP contribution in [0.1, 0.15) is 40.4 Å².